The number of hydrogen-bond donors (Lipinski definition) is 0. The lowest BCUT2D eigenvalue weighted by Crippen LogP contribution is -2.31. The highest BCUT2D eigenvalue weighted by Gasteiger charge is 2.34. The lowest BCUT2D eigenvalue weighted by Gasteiger charge is -2.20. The summed E-state index contributed by atoms with van der Waals surface area (Å²) in [4.78, 5) is 27.4. The summed E-state index contributed by atoms with van der Waals surface area (Å²) in [5.41, 5.74) is 1.25. The quantitative estimate of drug-likeness (QED) is 0.281. The molecule has 4 rings (SSSR count). The predicted octanol–water partition coefficient (Wildman–Crippen LogP) is 4.65. The largest absolute Gasteiger partial charge is 0.497 e. The van der Waals surface area contributed by atoms with E-state index in [1.54, 1.807) is 54.0 Å². The second kappa shape index (κ2) is 10.3. The molecule has 3 aromatic rings. The van der Waals surface area contributed by atoms with Gasteiger partial charge >= 0.3 is 5.97 Å². The van der Waals surface area contributed by atoms with Crippen LogP contribution in [0.1, 0.15) is 27.8 Å². The topological polar surface area (TPSA) is 92.0 Å². The average molecular weight is 478 g/mol. The molecule has 0 aliphatic carbocycles. The Morgan fingerprint density at radius 1 is 1.18 bits per heavy atom. The van der Waals surface area contributed by atoms with Gasteiger partial charge in [0.25, 0.3) is 5.91 Å². The molecular weight excluding hydrogens is 458 g/mol. The summed E-state index contributed by atoms with van der Waals surface area (Å²) >= 11 is 3.10. The highest BCUT2D eigenvalue weighted by Crippen LogP contribution is 2.35. The molecule has 7 nitrogen and oxygen atoms in total. The van der Waals surface area contributed by atoms with Gasteiger partial charge in [-0.05, 0) is 46.7 Å². The van der Waals surface area contributed by atoms with E-state index >= 15 is 0 Å². The first kappa shape index (κ1) is 22.5. The fourth-order valence-electron chi connectivity index (χ4n) is 3.31. The zero-order chi connectivity index (χ0) is 23.2. The second-order valence-electron chi connectivity index (χ2n) is 7.02. The molecule has 0 saturated carbocycles. The van der Waals surface area contributed by atoms with Crippen molar-refractivity contribution >= 4 is 46.3 Å². The SMILES string of the molecule is COc1ccc(/C=C(\C#N)C(=O)OCC(=O)N2N=C(c3cccs3)CC2c2cccs2)cc1. The summed E-state index contributed by atoms with van der Waals surface area (Å²) in [6.07, 6.45) is 1.99. The van der Waals surface area contributed by atoms with Gasteiger partial charge in [0.05, 0.1) is 23.7 Å². The van der Waals surface area contributed by atoms with Crippen molar-refractivity contribution < 1.29 is 19.1 Å². The van der Waals surface area contributed by atoms with Gasteiger partial charge in [0, 0.05) is 11.3 Å². The first-order valence-corrected chi connectivity index (χ1v) is 11.7. The van der Waals surface area contributed by atoms with Crippen LogP contribution in [0, 0.1) is 11.3 Å². The number of ether oxygens (including phenoxy) is 2. The first-order chi connectivity index (χ1) is 16.1. The van der Waals surface area contributed by atoms with Gasteiger partial charge in [-0.1, -0.05) is 24.3 Å². The third-order valence-electron chi connectivity index (χ3n) is 4.94. The van der Waals surface area contributed by atoms with Crippen LogP contribution in [-0.2, 0) is 14.3 Å². The van der Waals surface area contributed by atoms with Crippen LogP contribution in [0.25, 0.3) is 6.08 Å². The Hall–Kier alpha value is -3.74. The Kier molecular flexibility index (Phi) is 6.98. The molecule has 1 aromatic carbocycles. The van der Waals surface area contributed by atoms with Gasteiger partial charge < -0.3 is 9.47 Å². The standard InChI is InChI=1S/C24H19N3O4S2/c1-30-18-8-6-16(7-9-18)12-17(14-25)24(29)31-15-23(28)27-20(22-5-3-11-33-22)13-19(26-27)21-4-2-10-32-21/h2-12,20H,13,15H2,1H3/b17-12+. The first-order valence-electron chi connectivity index (χ1n) is 9.99. The summed E-state index contributed by atoms with van der Waals surface area (Å²) < 4.78 is 10.3. The van der Waals surface area contributed by atoms with Gasteiger partial charge in [-0.2, -0.15) is 10.4 Å². The molecule has 0 radical (unpaired) electrons. The van der Waals surface area contributed by atoms with Gasteiger partial charge in [0.15, 0.2) is 6.61 Å². The third kappa shape index (κ3) is 5.19. The van der Waals surface area contributed by atoms with Crippen LogP contribution in [0.5, 0.6) is 5.75 Å². The minimum absolute atomic E-state index is 0.202. The Balaban J connectivity index is 1.46. The maximum absolute atomic E-state index is 12.9. The summed E-state index contributed by atoms with van der Waals surface area (Å²) in [6.45, 7) is -0.510. The van der Waals surface area contributed by atoms with E-state index < -0.39 is 18.5 Å². The molecular formula is C24H19N3O4S2. The average Bonchev–Trinajstić information content (AvgIpc) is 3.62. The van der Waals surface area contributed by atoms with Crippen LogP contribution in [0.2, 0.25) is 0 Å². The van der Waals surface area contributed by atoms with Gasteiger partial charge in [0.2, 0.25) is 0 Å². The lowest BCUT2D eigenvalue weighted by atomic mass is 10.1. The highest BCUT2D eigenvalue weighted by atomic mass is 32.1. The van der Waals surface area contributed by atoms with Gasteiger partial charge in [-0.15, -0.1) is 22.7 Å². The molecule has 2 aromatic heterocycles. The minimum Gasteiger partial charge on any atom is -0.497 e. The molecule has 0 saturated heterocycles. The van der Waals surface area contributed by atoms with Crippen molar-refractivity contribution in [3.63, 3.8) is 0 Å². The number of thiophene rings is 2. The minimum atomic E-state index is -0.865. The van der Waals surface area contributed by atoms with Crippen LogP contribution in [0.15, 0.2) is 70.0 Å². The summed E-state index contributed by atoms with van der Waals surface area (Å²) in [6, 6.07) is 16.2. The number of hydrazone groups is 1. The summed E-state index contributed by atoms with van der Waals surface area (Å²) in [7, 11) is 1.55. The van der Waals surface area contributed by atoms with Crippen molar-refractivity contribution in [2.45, 2.75) is 12.5 Å². The molecule has 9 heteroatoms. The second-order valence-corrected chi connectivity index (χ2v) is 8.94. The van der Waals surface area contributed by atoms with Crippen LogP contribution in [0.3, 0.4) is 0 Å². The molecule has 33 heavy (non-hydrogen) atoms. The molecule has 0 spiro atoms. The molecule has 0 bridgehead atoms. The fraction of sp³-hybridized carbons (Fsp3) is 0.167. The van der Waals surface area contributed by atoms with Crippen LogP contribution < -0.4 is 4.74 Å². The van der Waals surface area contributed by atoms with Crippen molar-refractivity contribution in [3.05, 3.63) is 80.2 Å². The van der Waals surface area contributed by atoms with Crippen molar-refractivity contribution in [3.8, 4) is 11.8 Å². The van der Waals surface area contributed by atoms with Gasteiger partial charge in [-0.3, -0.25) is 4.79 Å². The molecule has 1 aliphatic rings. The number of carbonyl (C=O) groups is 2. The van der Waals surface area contributed by atoms with Gasteiger partial charge in [-0.25, -0.2) is 9.80 Å². The predicted molar refractivity (Wildman–Crippen MR) is 127 cm³/mol. The van der Waals surface area contributed by atoms with E-state index in [2.05, 4.69) is 5.10 Å². The van der Waals surface area contributed by atoms with Crippen LogP contribution in [0.4, 0.5) is 0 Å². The molecule has 1 amide bonds. The summed E-state index contributed by atoms with van der Waals surface area (Å²) in [5, 5.41) is 19.2. The number of nitrogens with zero attached hydrogens (tertiary/aromatic N) is 3. The van der Waals surface area contributed by atoms with Crippen LogP contribution >= 0.6 is 22.7 Å². The Bertz CT molecular complexity index is 1220. The van der Waals surface area contributed by atoms with E-state index in [0.717, 1.165) is 15.5 Å². The fourth-order valence-corrected chi connectivity index (χ4v) is 4.84. The van der Waals surface area contributed by atoms with E-state index in [4.69, 9.17) is 9.47 Å². The number of benzene rings is 1. The molecule has 3 heterocycles. The number of amides is 1. The number of hydrogen-bond acceptors (Lipinski definition) is 8. The van der Waals surface area contributed by atoms with Crippen molar-refractivity contribution in [1.82, 2.24) is 5.01 Å². The molecule has 0 fully saturated rings. The van der Waals surface area contributed by atoms with E-state index in [0.29, 0.717) is 17.7 Å². The number of rotatable bonds is 7. The number of nitriles is 1. The normalized spacial score (nSPS) is 15.6. The number of carbonyl (C=O) groups excluding carboxylic acids is 2. The molecule has 1 unspecified atom stereocenters. The smallest absolute Gasteiger partial charge is 0.349 e. The van der Waals surface area contributed by atoms with E-state index in [1.165, 1.54) is 11.1 Å². The monoisotopic (exact) mass is 477 g/mol. The summed E-state index contributed by atoms with van der Waals surface area (Å²) in [5.74, 6) is -0.654. The van der Waals surface area contributed by atoms with E-state index in [1.807, 2.05) is 41.1 Å². The molecule has 1 aliphatic heterocycles. The molecule has 0 N–H and O–H groups in total. The third-order valence-corrected chi connectivity index (χ3v) is 6.83. The Labute approximate surface area is 198 Å². The van der Waals surface area contributed by atoms with Crippen molar-refractivity contribution in [2.75, 3.05) is 13.7 Å². The number of methoxy groups -OCH3 is 1. The van der Waals surface area contributed by atoms with E-state index in [-0.39, 0.29) is 11.6 Å². The lowest BCUT2D eigenvalue weighted by molar-refractivity contribution is -0.149. The van der Waals surface area contributed by atoms with Crippen LogP contribution in [-0.4, -0.2) is 36.3 Å². The molecule has 1 atom stereocenters. The van der Waals surface area contributed by atoms with Gasteiger partial charge in [0.1, 0.15) is 17.4 Å². The molecule has 166 valence electrons. The Morgan fingerprint density at radius 2 is 1.94 bits per heavy atom. The maximum Gasteiger partial charge on any atom is 0.349 e. The zero-order valence-electron chi connectivity index (χ0n) is 17.6. The van der Waals surface area contributed by atoms with Crippen molar-refractivity contribution in [2.24, 2.45) is 5.10 Å². The maximum atomic E-state index is 12.9. The Morgan fingerprint density at radius 3 is 2.58 bits per heavy atom. The highest BCUT2D eigenvalue weighted by molar-refractivity contribution is 7.12. The number of esters is 1. The zero-order valence-corrected chi connectivity index (χ0v) is 19.3. The van der Waals surface area contributed by atoms with E-state index in [9.17, 15) is 14.9 Å². The van der Waals surface area contributed by atoms with Crippen molar-refractivity contribution in [1.29, 1.82) is 5.26 Å².